The van der Waals surface area contributed by atoms with Crippen molar-refractivity contribution in [3.05, 3.63) is 23.2 Å². The topological polar surface area (TPSA) is 67.4 Å². The van der Waals surface area contributed by atoms with Gasteiger partial charge in [-0.2, -0.15) is 0 Å². The number of halogens is 1. The van der Waals surface area contributed by atoms with Crippen molar-refractivity contribution in [2.24, 2.45) is 5.41 Å². The molecule has 0 saturated carbocycles. The van der Waals surface area contributed by atoms with Crippen LogP contribution in [0.4, 0.5) is 5.69 Å². The molecule has 23 heavy (non-hydrogen) atoms. The molecule has 0 heterocycles. The number of ether oxygens (including phenoxy) is 1. The van der Waals surface area contributed by atoms with Gasteiger partial charge in [0, 0.05) is 5.41 Å². The molecule has 0 aromatic heterocycles. The lowest BCUT2D eigenvalue weighted by Gasteiger charge is -2.22. The zero-order valence-electron chi connectivity index (χ0n) is 14.5. The van der Waals surface area contributed by atoms with Gasteiger partial charge < -0.3 is 15.4 Å². The van der Waals surface area contributed by atoms with Crippen molar-refractivity contribution < 1.29 is 14.3 Å². The van der Waals surface area contributed by atoms with Crippen LogP contribution in [0.5, 0.6) is 5.75 Å². The predicted octanol–water partition coefficient (Wildman–Crippen LogP) is 3.62. The average Bonchev–Trinajstić information content (AvgIpc) is 2.41. The van der Waals surface area contributed by atoms with Gasteiger partial charge in [-0.3, -0.25) is 9.59 Å². The Balaban J connectivity index is 2.85. The Bertz CT molecular complexity index is 580. The summed E-state index contributed by atoms with van der Waals surface area (Å²) in [7, 11) is 0. The van der Waals surface area contributed by atoms with Crippen LogP contribution in [0.1, 0.15) is 41.5 Å². The first-order valence-corrected chi connectivity index (χ1v) is 7.97. The number of hydrogen-bond donors (Lipinski definition) is 2. The van der Waals surface area contributed by atoms with Gasteiger partial charge in [0.2, 0.25) is 11.8 Å². The van der Waals surface area contributed by atoms with Gasteiger partial charge in [-0.25, -0.2) is 0 Å². The van der Waals surface area contributed by atoms with Gasteiger partial charge in [-0.15, -0.1) is 0 Å². The van der Waals surface area contributed by atoms with E-state index in [0.717, 1.165) is 0 Å². The Hall–Kier alpha value is -1.75. The molecule has 2 amide bonds. The van der Waals surface area contributed by atoms with E-state index in [-0.39, 0.29) is 17.9 Å². The van der Waals surface area contributed by atoms with Crippen molar-refractivity contribution in [1.82, 2.24) is 5.32 Å². The molecule has 0 aliphatic heterocycles. The normalized spacial score (nSPS) is 12.7. The fourth-order valence-corrected chi connectivity index (χ4v) is 1.90. The summed E-state index contributed by atoms with van der Waals surface area (Å²) in [5.41, 5.74) is -0.0793. The van der Waals surface area contributed by atoms with Gasteiger partial charge >= 0.3 is 0 Å². The van der Waals surface area contributed by atoms with E-state index in [4.69, 9.17) is 16.3 Å². The Morgan fingerprint density at radius 3 is 2.30 bits per heavy atom. The van der Waals surface area contributed by atoms with Crippen LogP contribution in [-0.4, -0.2) is 24.0 Å². The molecule has 1 rings (SSSR count). The van der Waals surface area contributed by atoms with Gasteiger partial charge in [0.1, 0.15) is 6.04 Å². The van der Waals surface area contributed by atoms with Crippen LogP contribution in [0.25, 0.3) is 0 Å². The number of anilines is 1. The molecule has 5 nitrogen and oxygen atoms in total. The number of carbonyl (C=O) groups is 2. The number of para-hydroxylation sites is 1. The Morgan fingerprint density at radius 1 is 1.17 bits per heavy atom. The van der Waals surface area contributed by atoms with Crippen molar-refractivity contribution in [2.75, 3.05) is 5.32 Å². The Labute approximate surface area is 142 Å². The summed E-state index contributed by atoms with van der Waals surface area (Å²) < 4.78 is 5.66. The van der Waals surface area contributed by atoms with Gasteiger partial charge in [-0.1, -0.05) is 38.4 Å². The monoisotopic (exact) mass is 340 g/mol. The minimum atomic E-state index is -0.674. The quantitative estimate of drug-likeness (QED) is 0.860. The second kappa shape index (κ2) is 7.68. The third-order valence-electron chi connectivity index (χ3n) is 3.00. The number of amides is 2. The maximum atomic E-state index is 12.3. The van der Waals surface area contributed by atoms with E-state index in [0.29, 0.717) is 16.5 Å². The highest BCUT2D eigenvalue weighted by Crippen LogP contribution is 2.33. The molecule has 1 atom stereocenters. The van der Waals surface area contributed by atoms with Crippen LogP contribution in [-0.2, 0) is 9.59 Å². The van der Waals surface area contributed by atoms with E-state index in [1.807, 2.05) is 13.8 Å². The van der Waals surface area contributed by atoms with Crippen LogP contribution in [0.2, 0.25) is 5.02 Å². The molecule has 1 aromatic rings. The highest BCUT2D eigenvalue weighted by atomic mass is 35.5. The molecule has 0 aliphatic carbocycles. The molecule has 2 N–H and O–H groups in total. The second-order valence-corrected chi connectivity index (χ2v) is 7.12. The first kappa shape index (κ1) is 19.3. The summed E-state index contributed by atoms with van der Waals surface area (Å²) in [6, 6.07) is 4.45. The number of benzene rings is 1. The first-order valence-electron chi connectivity index (χ1n) is 7.59. The highest BCUT2D eigenvalue weighted by molar-refractivity contribution is 6.32. The van der Waals surface area contributed by atoms with Crippen molar-refractivity contribution >= 4 is 29.1 Å². The van der Waals surface area contributed by atoms with Crippen molar-refractivity contribution in [1.29, 1.82) is 0 Å². The van der Waals surface area contributed by atoms with Crippen LogP contribution >= 0.6 is 11.6 Å². The summed E-state index contributed by atoms with van der Waals surface area (Å²) in [6.45, 7) is 10.8. The Kier molecular flexibility index (Phi) is 6.45. The number of nitrogens with one attached hydrogen (secondary N) is 2. The second-order valence-electron chi connectivity index (χ2n) is 6.72. The van der Waals surface area contributed by atoms with Gasteiger partial charge in [0.05, 0.1) is 16.8 Å². The molecule has 0 aliphatic rings. The van der Waals surface area contributed by atoms with Gasteiger partial charge in [0.25, 0.3) is 0 Å². The maximum Gasteiger partial charge on any atom is 0.246 e. The molecule has 128 valence electrons. The lowest BCUT2D eigenvalue weighted by atomic mass is 9.95. The minimum Gasteiger partial charge on any atom is -0.487 e. The number of rotatable bonds is 5. The maximum absolute atomic E-state index is 12.3. The molecule has 6 heteroatoms. The summed E-state index contributed by atoms with van der Waals surface area (Å²) >= 11 is 6.13. The Morgan fingerprint density at radius 2 is 1.78 bits per heavy atom. The molecule has 0 radical (unpaired) electrons. The zero-order valence-corrected chi connectivity index (χ0v) is 15.2. The summed E-state index contributed by atoms with van der Waals surface area (Å²) in [6.07, 6.45) is -0.0800. The fourth-order valence-electron chi connectivity index (χ4n) is 1.68. The summed E-state index contributed by atoms with van der Waals surface area (Å²) in [4.78, 5) is 24.3. The van der Waals surface area contributed by atoms with Crippen LogP contribution in [0.3, 0.4) is 0 Å². The van der Waals surface area contributed by atoms with Crippen LogP contribution in [0, 0.1) is 5.41 Å². The highest BCUT2D eigenvalue weighted by Gasteiger charge is 2.25. The van der Waals surface area contributed by atoms with Crippen molar-refractivity contribution in [3.63, 3.8) is 0 Å². The molecular weight excluding hydrogens is 316 g/mol. The molecule has 0 spiro atoms. The lowest BCUT2D eigenvalue weighted by molar-refractivity contribution is -0.131. The van der Waals surface area contributed by atoms with E-state index in [9.17, 15) is 9.59 Å². The van der Waals surface area contributed by atoms with E-state index in [2.05, 4.69) is 10.6 Å². The van der Waals surface area contributed by atoms with Gasteiger partial charge in [-0.05, 0) is 32.9 Å². The van der Waals surface area contributed by atoms with Crippen molar-refractivity contribution in [3.8, 4) is 5.75 Å². The zero-order chi connectivity index (χ0) is 17.8. The molecule has 0 fully saturated rings. The molecular formula is C17H25ClN2O3. The first-order chi connectivity index (χ1) is 10.5. The third kappa shape index (κ3) is 5.75. The van der Waals surface area contributed by atoms with Crippen LogP contribution in [0.15, 0.2) is 18.2 Å². The van der Waals surface area contributed by atoms with E-state index >= 15 is 0 Å². The number of carbonyl (C=O) groups excluding carboxylic acids is 2. The standard InChI is InChI=1S/C17H25ClN2O3/c1-10(2)23-14-12(18)8-7-9-13(14)20-15(21)11(3)19-16(22)17(4,5)6/h7-11H,1-6H3,(H,19,22)(H,20,21)/t11-/m0/s1. The van der Waals surface area contributed by atoms with E-state index in [1.165, 1.54) is 0 Å². The van der Waals surface area contributed by atoms with E-state index < -0.39 is 11.5 Å². The van der Waals surface area contributed by atoms with E-state index in [1.54, 1.807) is 45.9 Å². The molecule has 1 aromatic carbocycles. The minimum absolute atomic E-state index is 0.0800. The lowest BCUT2D eigenvalue weighted by Crippen LogP contribution is -2.46. The average molecular weight is 341 g/mol. The SMILES string of the molecule is CC(C)Oc1c(Cl)cccc1NC(=O)[C@H](C)NC(=O)C(C)(C)C. The molecule has 0 saturated heterocycles. The van der Waals surface area contributed by atoms with Gasteiger partial charge in [0.15, 0.2) is 5.75 Å². The number of hydrogen-bond acceptors (Lipinski definition) is 3. The summed E-state index contributed by atoms with van der Waals surface area (Å²) in [5, 5.41) is 5.86. The smallest absolute Gasteiger partial charge is 0.246 e. The molecule has 0 bridgehead atoms. The summed E-state index contributed by atoms with van der Waals surface area (Å²) in [5.74, 6) is -0.102. The predicted molar refractivity (Wildman–Crippen MR) is 92.9 cm³/mol. The fraction of sp³-hybridized carbons (Fsp3) is 0.529. The third-order valence-corrected chi connectivity index (χ3v) is 3.30. The molecule has 0 unspecified atom stereocenters. The van der Waals surface area contributed by atoms with Crippen LogP contribution < -0.4 is 15.4 Å². The largest absolute Gasteiger partial charge is 0.487 e. The van der Waals surface area contributed by atoms with Crippen molar-refractivity contribution in [2.45, 2.75) is 53.7 Å².